The number of halogens is 1. The summed E-state index contributed by atoms with van der Waals surface area (Å²) in [5.74, 6) is -1.37. The Hall–Kier alpha value is -1.56. The van der Waals surface area contributed by atoms with E-state index in [-0.39, 0.29) is 5.92 Å². The molecule has 2 rings (SSSR count). The monoisotopic (exact) mass is 354 g/mol. The number of carboxylic acid groups (broad SMARTS) is 1. The molecule has 1 fully saturated rings. The molecule has 0 aromatic heterocycles. The molecule has 114 valence electrons. The minimum Gasteiger partial charge on any atom is -0.480 e. The van der Waals surface area contributed by atoms with Crippen molar-refractivity contribution in [3.63, 3.8) is 0 Å². The summed E-state index contributed by atoms with van der Waals surface area (Å²) in [6, 6.07) is 4.02. The highest BCUT2D eigenvalue weighted by molar-refractivity contribution is 9.10. The van der Waals surface area contributed by atoms with Crippen molar-refractivity contribution < 1.29 is 14.7 Å². The van der Waals surface area contributed by atoms with Crippen LogP contribution in [0.25, 0.3) is 0 Å². The average molecular weight is 355 g/mol. The summed E-state index contributed by atoms with van der Waals surface area (Å²) in [7, 11) is 0. The lowest BCUT2D eigenvalue weighted by Crippen LogP contribution is -2.46. The predicted octanol–water partition coefficient (Wildman–Crippen LogP) is 2.79. The van der Waals surface area contributed by atoms with E-state index in [1.165, 1.54) is 0 Å². The van der Waals surface area contributed by atoms with Gasteiger partial charge < -0.3 is 16.2 Å². The van der Waals surface area contributed by atoms with E-state index in [9.17, 15) is 14.7 Å². The van der Waals surface area contributed by atoms with Gasteiger partial charge in [-0.25, -0.2) is 4.79 Å². The van der Waals surface area contributed by atoms with Gasteiger partial charge in [0.05, 0.1) is 0 Å². The second-order valence-corrected chi connectivity index (χ2v) is 6.38. The molecule has 0 spiro atoms. The maximum absolute atomic E-state index is 12.3. The van der Waals surface area contributed by atoms with E-state index in [0.717, 1.165) is 32.1 Å². The number of nitrogen functional groups attached to an aromatic ring is 1. The molecule has 0 saturated heterocycles. The van der Waals surface area contributed by atoms with Crippen LogP contribution in [0.15, 0.2) is 22.7 Å². The third kappa shape index (κ3) is 4.20. The van der Waals surface area contributed by atoms with Gasteiger partial charge in [-0.05, 0) is 37.0 Å². The van der Waals surface area contributed by atoms with Crippen molar-refractivity contribution in [3.8, 4) is 0 Å². The third-order valence-electron chi connectivity index (χ3n) is 3.86. The van der Waals surface area contributed by atoms with Gasteiger partial charge in [-0.1, -0.05) is 35.2 Å². The van der Waals surface area contributed by atoms with E-state index >= 15 is 0 Å². The Bertz CT molecular complexity index is 521. The first kappa shape index (κ1) is 15.8. The molecular formula is C15H19BrN2O3. The largest absolute Gasteiger partial charge is 0.480 e. The maximum atomic E-state index is 12.3. The molecule has 0 heterocycles. The van der Waals surface area contributed by atoms with E-state index in [2.05, 4.69) is 21.2 Å². The fourth-order valence-corrected chi connectivity index (χ4v) is 3.33. The van der Waals surface area contributed by atoms with Crippen LogP contribution in [0.5, 0.6) is 0 Å². The summed E-state index contributed by atoms with van der Waals surface area (Å²) in [6.45, 7) is 0. The molecule has 21 heavy (non-hydrogen) atoms. The van der Waals surface area contributed by atoms with Gasteiger partial charge in [0.2, 0.25) is 0 Å². The van der Waals surface area contributed by atoms with Crippen LogP contribution in [0.3, 0.4) is 0 Å². The van der Waals surface area contributed by atoms with Crippen LogP contribution < -0.4 is 11.1 Å². The average Bonchev–Trinajstić information content (AvgIpc) is 2.44. The van der Waals surface area contributed by atoms with E-state index in [4.69, 9.17) is 5.73 Å². The van der Waals surface area contributed by atoms with Crippen LogP contribution in [0.4, 0.5) is 5.69 Å². The predicted molar refractivity (Wildman–Crippen MR) is 84.0 cm³/mol. The zero-order valence-corrected chi connectivity index (χ0v) is 13.2. The quantitative estimate of drug-likeness (QED) is 0.724. The van der Waals surface area contributed by atoms with Gasteiger partial charge in [-0.15, -0.1) is 0 Å². The first-order valence-electron chi connectivity index (χ1n) is 7.07. The number of benzene rings is 1. The lowest BCUT2D eigenvalue weighted by molar-refractivity contribution is -0.141. The summed E-state index contributed by atoms with van der Waals surface area (Å²) in [5, 5.41) is 12.0. The van der Waals surface area contributed by atoms with Crippen LogP contribution in [-0.2, 0) is 4.79 Å². The Labute approximate surface area is 132 Å². The summed E-state index contributed by atoms with van der Waals surface area (Å²) in [4.78, 5) is 23.7. The molecule has 0 bridgehead atoms. The lowest BCUT2D eigenvalue weighted by atomic mass is 9.84. The van der Waals surface area contributed by atoms with Gasteiger partial charge >= 0.3 is 5.97 Å². The van der Waals surface area contributed by atoms with Crippen LogP contribution in [0.2, 0.25) is 0 Å². The van der Waals surface area contributed by atoms with Crippen molar-refractivity contribution in [1.29, 1.82) is 0 Å². The number of anilines is 1. The smallest absolute Gasteiger partial charge is 0.326 e. The van der Waals surface area contributed by atoms with Gasteiger partial charge in [0.25, 0.3) is 5.91 Å². The van der Waals surface area contributed by atoms with Crippen molar-refractivity contribution in [2.45, 2.75) is 38.1 Å². The molecule has 0 radical (unpaired) electrons. The molecule has 1 aromatic carbocycles. The molecule has 1 amide bonds. The lowest BCUT2D eigenvalue weighted by Gasteiger charge is -2.28. The number of hydrogen-bond donors (Lipinski definition) is 3. The molecule has 1 aliphatic rings. The number of carbonyl (C=O) groups is 2. The molecule has 1 saturated carbocycles. The van der Waals surface area contributed by atoms with Gasteiger partial charge in [0.1, 0.15) is 6.04 Å². The van der Waals surface area contributed by atoms with Crippen molar-refractivity contribution in [3.05, 3.63) is 28.2 Å². The van der Waals surface area contributed by atoms with E-state index in [1.54, 1.807) is 18.2 Å². The van der Waals surface area contributed by atoms with E-state index in [1.807, 2.05) is 0 Å². The molecular weight excluding hydrogens is 336 g/mol. The van der Waals surface area contributed by atoms with Gasteiger partial charge in [-0.2, -0.15) is 0 Å². The molecule has 4 N–H and O–H groups in total. The zero-order valence-electron chi connectivity index (χ0n) is 11.6. The number of nitrogens with one attached hydrogen (secondary N) is 1. The highest BCUT2D eigenvalue weighted by Gasteiger charge is 2.30. The number of hydrogen-bond acceptors (Lipinski definition) is 3. The Balaban J connectivity index is 2.12. The summed E-state index contributed by atoms with van der Waals surface area (Å²) in [6.07, 6.45) is 4.87. The molecule has 5 nitrogen and oxygen atoms in total. The fourth-order valence-electron chi connectivity index (χ4n) is 2.82. The summed E-state index contributed by atoms with van der Waals surface area (Å²) in [5.41, 5.74) is 6.53. The Morgan fingerprint density at radius 3 is 2.48 bits per heavy atom. The number of rotatable bonds is 4. The van der Waals surface area contributed by atoms with Crippen LogP contribution in [0.1, 0.15) is 42.5 Å². The van der Waals surface area contributed by atoms with Gasteiger partial charge in [0, 0.05) is 15.7 Å². The first-order valence-corrected chi connectivity index (χ1v) is 7.86. The number of carbonyl (C=O) groups excluding carboxylic acids is 1. The standard InChI is InChI=1S/C15H19BrN2O3/c16-11-6-10(7-12(17)8-11)14(19)18-13(15(20)21)9-4-2-1-3-5-9/h6-9,13H,1-5,17H2,(H,18,19)(H,20,21). The molecule has 6 heteroatoms. The van der Waals surface area contributed by atoms with Crippen LogP contribution in [0, 0.1) is 5.92 Å². The van der Waals surface area contributed by atoms with Gasteiger partial charge in [-0.3, -0.25) is 4.79 Å². The number of carboxylic acids is 1. The highest BCUT2D eigenvalue weighted by Crippen LogP contribution is 2.27. The van der Waals surface area contributed by atoms with E-state index < -0.39 is 17.9 Å². The number of amides is 1. The second-order valence-electron chi connectivity index (χ2n) is 5.46. The Morgan fingerprint density at radius 1 is 1.24 bits per heavy atom. The number of aliphatic carboxylic acids is 1. The minimum atomic E-state index is -0.974. The van der Waals surface area contributed by atoms with Gasteiger partial charge in [0.15, 0.2) is 0 Å². The topological polar surface area (TPSA) is 92.4 Å². The summed E-state index contributed by atoms with van der Waals surface area (Å²) >= 11 is 3.28. The molecule has 1 atom stereocenters. The normalized spacial score (nSPS) is 17.2. The second kappa shape index (κ2) is 6.93. The maximum Gasteiger partial charge on any atom is 0.326 e. The Kier molecular flexibility index (Phi) is 5.22. The van der Waals surface area contributed by atoms with Crippen molar-refractivity contribution in [2.24, 2.45) is 5.92 Å². The third-order valence-corrected chi connectivity index (χ3v) is 4.31. The Morgan fingerprint density at radius 2 is 1.90 bits per heavy atom. The minimum absolute atomic E-state index is 0.00435. The summed E-state index contributed by atoms with van der Waals surface area (Å²) < 4.78 is 0.692. The van der Waals surface area contributed by atoms with E-state index in [0.29, 0.717) is 15.7 Å². The number of nitrogens with two attached hydrogens (primary N) is 1. The highest BCUT2D eigenvalue weighted by atomic mass is 79.9. The van der Waals surface area contributed by atoms with Crippen LogP contribution in [-0.4, -0.2) is 23.0 Å². The van der Waals surface area contributed by atoms with Crippen LogP contribution >= 0.6 is 15.9 Å². The van der Waals surface area contributed by atoms with Crippen molar-refractivity contribution in [2.75, 3.05) is 5.73 Å². The molecule has 1 unspecified atom stereocenters. The molecule has 1 aliphatic carbocycles. The SMILES string of the molecule is Nc1cc(Br)cc(C(=O)NC(C(=O)O)C2CCCCC2)c1. The fraction of sp³-hybridized carbons (Fsp3) is 0.467. The zero-order chi connectivity index (χ0) is 15.4. The van der Waals surface area contributed by atoms with Crippen molar-refractivity contribution in [1.82, 2.24) is 5.32 Å². The molecule has 0 aliphatic heterocycles. The van der Waals surface area contributed by atoms with Crippen molar-refractivity contribution >= 4 is 33.5 Å². The molecule has 1 aromatic rings. The first-order chi connectivity index (χ1) is 9.97.